The van der Waals surface area contributed by atoms with E-state index in [1.165, 1.54) is 62.5 Å². The molecule has 1 aromatic rings. The third-order valence-corrected chi connectivity index (χ3v) is 7.70. The van der Waals surface area contributed by atoms with Gasteiger partial charge in [0, 0.05) is 11.5 Å². The van der Waals surface area contributed by atoms with Crippen molar-refractivity contribution in [1.29, 1.82) is 0 Å². The third-order valence-electron chi connectivity index (χ3n) is 7.70. The summed E-state index contributed by atoms with van der Waals surface area (Å²) in [5, 5.41) is 9.05. The van der Waals surface area contributed by atoms with Gasteiger partial charge in [-0.2, -0.15) is 0 Å². The maximum Gasteiger partial charge on any atom is 0.335 e. The summed E-state index contributed by atoms with van der Waals surface area (Å²) < 4.78 is 10.5. The number of hydrogen-bond donors (Lipinski definition) is 1. The first-order valence-electron chi connectivity index (χ1n) is 14.9. The Morgan fingerprint density at radius 3 is 2.26 bits per heavy atom. The Labute approximate surface area is 236 Å². The van der Waals surface area contributed by atoms with Crippen LogP contribution in [0.3, 0.4) is 0 Å². The zero-order chi connectivity index (χ0) is 28.5. The normalized spacial score (nSPS) is 18.0. The summed E-state index contributed by atoms with van der Waals surface area (Å²) in [6, 6.07) is 8.82. The molecule has 0 saturated heterocycles. The van der Waals surface area contributed by atoms with Gasteiger partial charge in [-0.25, -0.2) is 9.59 Å². The summed E-state index contributed by atoms with van der Waals surface area (Å²) in [6.07, 6.45) is 19.3. The van der Waals surface area contributed by atoms with E-state index in [1.54, 1.807) is 6.92 Å². The van der Waals surface area contributed by atoms with Gasteiger partial charge in [0.1, 0.15) is 0 Å². The lowest BCUT2D eigenvalue weighted by Gasteiger charge is -2.26. The lowest BCUT2D eigenvalue weighted by Crippen LogP contribution is -2.22. The van der Waals surface area contributed by atoms with Crippen LogP contribution in [0.25, 0.3) is 6.08 Å². The van der Waals surface area contributed by atoms with Gasteiger partial charge in [-0.05, 0) is 74.8 Å². The number of hydrogen-bond acceptors (Lipinski definition) is 5. The highest BCUT2D eigenvalue weighted by molar-refractivity contribution is 5.88. The molecule has 1 N–H and O–H groups in total. The first-order valence-corrected chi connectivity index (χ1v) is 14.9. The van der Waals surface area contributed by atoms with Gasteiger partial charge in [0.05, 0.1) is 25.4 Å². The second-order valence-electron chi connectivity index (χ2n) is 11.2. The molecular weight excluding hydrogens is 488 g/mol. The van der Waals surface area contributed by atoms with Crippen LogP contribution in [0.5, 0.6) is 0 Å². The smallest absolute Gasteiger partial charge is 0.335 e. The molecule has 0 bridgehead atoms. The summed E-state index contributed by atoms with van der Waals surface area (Å²) in [7, 11) is 0. The summed E-state index contributed by atoms with van der Waals surface area (Å²) in [6.45, 7) is 10.8. The van der Waals surface area contributed by atoms with E-state index in [0.29, 0.717) is 5.57 Å². The standard InChI is InChI=1S/C34H50O5/c1-5-6-7-10-28-13-17-30(18-14-28)21-22-31-19-15-29(16-20-31)11-8-9-12-32(24-38-33(36)26(2)3)25-39-34(37)27(4)23-35/h15-16,19-22,28,30,32,35H,2,4-14,17-18,23-25H2,1,3H3/b22-21+. The molecule has 1 aliphatic rings. The molecular formula is C34H50O5. The molecule has 1 atom stereocenters. The quantitative estimate of drug-likeness (QED) is 0.118. The number of benzene rings is 1. The van der Waals surface area contributed by atoms with Crippen LogP contribution in [0.4, 0.5) is 0 Å². The molecule has 0 aliphatic heterocycles. The minimum absolute atomic E-state index is 0.0103. The van der Waals surface area contributed by atoms with Gasteiger partial charge >= 0.3 is 11.9 Å². The average Bonchev–Trinajstić information content (AvgIpc) is 2.95. The molecule has 39 heavy (non-hydrogen) atoms. The molecule has 0 spiro atoms. The molecule has 1 fully saturated rings. The van der Waals surface area contributed by atoms with Crippen LogP contribution in [0.2, 0.25) is 0 Å². The topological polar surface area (TPSA) is 72.8 Å². The number of carbonyl (C=O) groups excluding carboxylic acids is 2. The molecule has 0 amide bonds. The fourth-order valence-electron chi connectivity index (χ4n) is 5.05. The zero-order valence-electron chi connectivity index (χ0n) is 24.3. The highest BCUT2D eigenvalue weighted by atomic mass is 16.5. The molecule has 0 radical (unpaired) electrons. The zero-order valence-corrected chi connectivity index (χ0v) is 24.3. The van der Waals surface area contributed by atoms with E-state index >= 15 is 0 Å². The van der Waals surface area contributed by atoms with E-state index in [4.69, 9.17) is 14.6 Å². The first kappa shape index (κ1) is 32.6. The summed E-state index contributed by atoms with van der Waals surface area (Å²) in [5.41, 5.74) is 2.91. The molecule has 5 heteroatoms. The van der Waals surface area contributed by atoms with Crippen molar-refractivity contribution >= 4 is 18.0 Å². The fraction of sp³-hybridized carbons (Fsp3) is 0.588. The van der Waals surface area contributed by atoms with Crippen LogP contribution in [0, 0.1) is 17.8 Å². The molecule has 0 heterocycles. The number of aryl methyl sites for hydroxylation is 1. The van der Waals surface area contributed by atoms with Gasteiger partial charge in [0.25, 0.3) is 0 Å². The molecule has 1 aromatic carbocycles. The molecule has 0 aromatic heterocycles. The van der Waals surface area contributed by atoms with Crippen molar-refractivity contribution in [1.82, 2.24) is 0 Å². The van der Waals surface area contributed by atoms with Crippen LogP contribution < -0.4 is 0 Å². The van der Waals surface area contributed by atoms with Crippen molar-refractivity contribution in [2.75, 3.05) is 19.8 Å². The van der Waals surface area contributed by atoms with Crippen LogP contribution in [-0.4, -0.2) is 36.9 Å². The van der Waals surface area contributed by atoms with Gasteiger partial charge in [0.15, 0.2) is 0 Å². The minimum atomic E-state index is -0.627. The summed E-state index contributed by atoms with van der Waals surface area (Å²) in [5.74, 6) is 0.468. The van der Waals surface area contributed by atoms with E-state index in [9.17, 15) is 9.59 Å². The van der Waals surface area contributed by atoms with Crippen LogP contribution in [0.15, 0.2) is 54.6 Å². The molecule has 1 saturated carbocycles. The van der Waals surface area contributed by atoms with Gasteiger partial charge in [-0.15, -0.1) is 0 Å². The average molecular weight is 539 g/mol. The van der Waals surface area contributed by atoms with E-state index in [1.807, 2.05) is 0 Å². The van der Waals surface area contributed by atoms with Crippen molar-refractivity contribution in [3.63, 3.8) is 0 Å². The molecule has 1 unspecified atom stereocenters. The Balaban J connectivity index is 1.73. The Bertz CT molecular complexity index is 921. The minimum Gasteiger partial charge on any atom is -0.462 e. The molecule has 2 rings (SSSR count). The van der Waals surface area contributed by atoms with Crippen LogP contribution in [-0.2, 0) is 25.5 Å². The second kappa shape index (κ2) is 18.6. The van der Waals surface area contributed by atoms with Crippen molar-refractivity contribution in [3.05, 3.63) is 65.8 Å². The van der Waals surface area contributed by atoms with Gasteiger partial charge in [-0.3, -0.25) is 0 Å². The number of carbonyl (C=O) groups is 2. The predicted molar refractivity (Wildman–Crippen MR) is 159 cm³/mol. The number of allylic oxidation sites excluding steroid dienone is 1. The number of rotatable bonds is 18. The molecule has 1 aliphatic carbocycles. The van der Waals surface area contributed by atoms with Crippen LogP contribution in [0.1, 0.15) is 95.6 Å². The molecule has 216 valence electrons. The first-order chi connectivity index (χ1) is 18.8. The summed E-state index contributed by atoms with van der Waals surface area (Å²) in [4.78, 5) is 23.6. The lowest BCUT2D eigenvalue weighted by molar-refractivity contribution is -0.144. The van der Waals surface area contributed by atoms with Crippen molar-refractivity contribution in [2.24, 2.45) is 17.8 Å². The largest absolute Gasteiger partial charge is 0.462 e. The Kier molecular flexibility index (Phi) is 15.5. The second-order valence-corrected chi connectivity index (χ2v) is 11.2. The monoisotopic (exact) mass is 538 g/mol. The highest BCUT2D eigenvalue weighted by Crippen LogP contribution is 2.33. The van der Waals surface area contributed by atoms with Crippen molar-refractivity contribution in [2.45, 2.75) is 90.9 Å². The van der Waals surface area contributed by atoms with Crippen molar-refractivity contribution < 1.29 is 24.2 Å². The number of esters is 2. The maximum absolute atomic E-state index is 11.9. The SMILES string of the molecule is C=C(C)C(=O)OCC(CCCCc1ccc(/C=C/C2CCC(CCCCC)CC2)cc1)COC(=O)C(=C)CO. The van der Waals surface area contributed by atoms with Gasteiger partial charge in [-0.1, -0.05) is 88.6 Å². The molecule has 5 nitrogen and oxygen atoms in total. The predicted octanol–water partition coefficient (Wildman–Crippen LogP) is 7.63. The summed E-state index contributed by atoms with van der Waals surface area (Å²) >= 11 is 0. The number of aliphatic hydroxyl groups is 1. The highest BCUT2D eigenvalue weighted by Gasteiger charge is 2.19. The number of unbranched alkanes of at least 4 members (excludes halogenated alkanes) is 3. The Morgan fingerprint density at radius 1 is 0.974 bits per heavy atom. The third kappa shape index (κ3) is 13.3. The fourth-order valence-corrected chi connectivity index (χ4v) is 5.05. The van der Waals surface area contributed by atoms with Gasteiger partial charge < -0.3 is 14.6 Å². The van der Waals surface area contributed by atoms with E-state index in [0.717, 1.165) is 37.5 Å². The van der Waals surface area contributed by atoms with E-state index in [-0.39, 0.29) is 24.7 Å². The van der Waals surface area contributed by atoms with Crippen molar-refractivity contribution in [3.8, 4) is 0 Å². The van der Waals surface area contributed by atoms with Gasteiger partial charge in [0.2, 0.25) is 0 Å². The maximum atomic E-state index is 11.9. The number of ether oxygens (including phenoxy) is 2. The Morgan fingerprint density at radius 2 is 1.64 bits per heavy atom. The lowest BCUT2D eigenvalue weighted by atomic mass is 9.79. The Hall–Kier alpha value is -2.66. The van der Waals surface area contributed by atoms with E-state index in [2.05, 4.69) is 56.5 Å². The van der Waals surface area contributed by atoms with Crippen LogP contribution >= 0.6 is 0 Å². The van der Waals surface area contributed by atoms with E-state index < -0.39 is 18.5 Å². The number of aliphatic hydroxyl groups excluding tert-OH is 1.